The molecule has 3 rings (SSSR count). The van der Waals surface area contributed by atoms with Crippen LogP contribution in [0.2, 0.25) is 0 Å². The molecule has 1 aromatic rings. The largest absolute Gasteiger partial charge is 0.352 e. The Bertz CT molecular complexity index is 752. The van der Waals surface area contributed by atoms with Crippen molar-refractivity contribution < 1.29 is 13.2 Å². The summed E-state index contributed by atoms with van der Waals surface area (Å²) in [5.74, 6) is 0.451. The second kappa shape index (κ2) is 8.91. The molecule has 1 saturated carbocycles. The van der Waals surface area contributed by atoms with Crippen LogP contribution < -0.4 is 5.32 Å². The predicted molar refractivity (Wildman–Crippen MR) is 110 cm³/mol. The molecule has 1 aromatic heterocycles. The van der Waals surface area contributed by atoms with Crippen LogP contribution in [0.3, 0.4) is 0 Å². The minimum atomic E-state index is -3.20. The summed E-state index contributed by atoms with van der Waals surface area (Å²) in [5.41, 5.74) is 0.607. The Morgan fingerprint density at radius 2 is 1.96 bits per heavy atom. The van der Waals surface area contributed by atoms with Gasteiger partial charge in [-0.05, 0) is 51.2 Å². The molecule has 0 aromatic carbocycles. The van der Waals surface area contributed by atoms with Crippen molar-refractivity contribution in [3.8, 4) is 0 Å². The zero-order chi connectivity index (χ0) is 20.2. The van der Waals surface area contributed by atoms with E-state index in [1.54, 1.807) is 10.5 Å². The average molecular weight is 408 g/mol. The fourth-order valence-electron chi connectivity index (χ4n) is 4.78. The lowest BCUT2D eigenvalue weighted by Crippen LogP contribution is -2.56. The second-order valence-corrected chi connectivity index (χ2v) is 10.4. The van der Waals surface area contributed by atoms with Gasteiger partial charge in [0.05, 0.1) is 5.75 Å². The zero-order valence-corrected chi connectivity index (χ0v) is 17.9. The number of amides is 1. The van der Waals surface area contributed by atoms with Gasteiger partial charge in [0.15, 0.2) is 0 Å². The lowest BCUT2D eigenvalue weighted by Gasteiger charge is -2.45. The van der Waals surface area contributed by atoms with Crippen LogP contribution >= 0.6 is 0 Å². The van der Waals surface area contributed by atoms with Crippen LogP contribution in [-0.4, -0.2) is 48.5 Å². The van der Waals surface area contributed by atoms with Crippen molar-refractivity contribution in [3.05, 3.63) is 30.1 Å². The molecular formula is C21H33N3O3S. The van der Waals surface area contributed by atoms with Crippen molar-refractivity contribution in [1.29, 1.82) is 0 Å². The van der Waals surface area contributed by atoms with Crippen LogP contribution in [0.5, 0.6) is 0 Å². The topological polar surface area (TPSA) is 79.4 Å². The maximum atomic E-state index is 12.7. The first kappa shape index (κ1) is 21.2. The Balaban J connectivity index is 1.79. The fraction of sp³-hybridized carbons (Fsp3) is 0.714. The van der Waals surface area contributed by atoms with E-state index in [-0.39, 0.29) is 29.0 Å². The first-order valence-corrected chi connectivity index (χ1v) is 12.2. The van der Waals surface area contributed by atoms with E-state index in [0.717, 1.165) is 31.4 Å². The summed E-state index contributed by atoms with van der Waals surface area (Å²) in [4.78, 5) is 17.3. The number of hydrogen-bond acceptors (Lipinski definition) is 4. The van der Waals surface area contributed by atoms with Crippen molar-refractivity contribution in [2.75, 3.05) is 18.8 Å². The molecule has 1 amide bonds. The molecule has 1 atom stereocenters. The van der Waals surface area contributed by atoms with Crippen LogP contribution in [0, 0.1) is 5.92 Å². The monoisotopic (exact) mass is 407 g/mol. The van der Waals surface area contributed by atoms with Crippen LogP contribution in [0.4, 0.5) is 0 Å². The molecule has 0 spiro atoms. The van der Waals surface area contributed by atoms with Crippen LogP contribution in [0.25, 0.3) is 0 Å². The van der Waals surface area contributed by atoms with Crippen molar-refractivity contribution >= 4 is 15.9 Å². The van der Waals surface area contributed by atoms with Crippen LogP contribution in [-0.2, 0) is 20.2 Å². The Morgan fingerprint density at radius 3 is 2.54 bits per heavy atom. The fourth-order valence-corrected chi connectivity index (χ4v) is 6.29. The van der Waals surface area contributed by atoms with Gasteiger partial charge < -0.3 is 5.32 Å². The number of pyridine rings is 1. The average Bonchev–Trinajstić information content (AvgIpc) is 3.23. The van der Waals surface area contributed by atoms with E-state index in [4.69, 9.17) is 0 Å². The van der Waals surface area contributed by atoms with E-state index in [9.17, 15) is 13.2 Å². The number of nitrogens with zero attached hydrogens (tertiary/aromatic N) is 2. The highest BCUT2D eigenvalue weighted by molar-refractivity contribution is 7.89. The molecule has 7 heteroatoms. The molecule has 1 N–H and O–H groups in total. The van der Waals surface area contributed by atoms with Gasteiger partial charge in [0.2, 0.25) is 15.9 Å². The molecule has 2 aliphatic rings. The molecule has 1 saturated heterocycles. The maximum absolute atomic E-state index is 12.7. The van der Waals surface area contributed by atoms with Gasteiger partial charge in [0, 0.05) is 42.4 Å². The third kappa shape index (κ3) is 4.40. The number of piperidine rings is 1. The van der Waals surface area contributed by atoms with Crippen molar-refractivity contribution in [2.45, 2.75) is 70.3 Å². The summed E-state index contributed by atoms with van der Waals surface area (Å²) in [5, 5.41) is 3.26. The number of carbonyl (C=O) groups excluding carboxylic acids is 1. The van der Waals surface area contributed by atoms with Crippen molar-refractivity contribution in [3.63, 3.8) is 0 Å². The van der Waals surface area contributed by atoms with Crippen LogP contribution in [0.15, 0.2) is 24.4 Å². The SMILES string of the molecule is CCCS(=O)(=O)N1CCC(c2ccccn2)([C@H](C)NC(=O)C2CCCC2)CC1. The minimum absolute atomic E-state index is 0.0912. The normalized spacial score (nSPS) is 22.1. The van der Waals surface area contributed by atoms with E-state index in [1.165, 1.54) is 0 Å². The lowest BCUT2D eigenvalue weighted by molar-refractivity contribution is -0.126. The number of aromatic nitrogens is 1. The lowest BCUT2D eigenvalue weighted by atomic mass is 9.70. The highest BCUT2D eigenvalue weighted by Gasteiger charge is 2.45. The van der Waals surface area contributed by atoms with Gasteiger partial charge in [-0.2, -0.15) is 0 Å². The van der Waals surface area contributed by atoms with E-state index < -0.39 is 10.0 Å². The molecule has 2 fully saturated rings. The number of nitrogens with one attached hydrogen (secondary N) is 1. The van der Waals surface area contributed by atoms with Gasteiger partial charge in [-0.25, -0.2) is 12.7 Å². The summed E-state index contributed by atoms with van der Waals surface area (Å²) in [6.07, 6.45) is 7.93. The van der Waals surface area contributed by atoms with E-state index >= 15 is 0 Å². The van der Waals surface area contributed by atoms with Gasteiger partial charge in [0.1, 0.15) is 0 Å². The Labute approximate surface area is 169 Å². The predicted octanol–water partition coefficient (Wildman–Crippen LogP) is 2.85. The number of hydrogen-bond donors (Lipinski definition) is 1. The number of rotatable bonds is 7. The zero-order valence-electron chi connectivity index (χ0n) is 17.1. The van der Waals surface area contributed by atoms with E-state index in [0.29, 0.717) is 32.4 Å². The summed E-state index contributed by atoms with van der Waals surface area (Å²) >= 11 is 0. The smallest absolute Gasteiger partial charge is 0.223 e. The molecule has 6 nitrogen and oxygen atoms in total. The summed E-state index contributed by atoms with van der Waals surface area (Å²) in [7, 11) is -3.20. The maximum Gasteiger partial charge on any atom is 0.223 e. The first-order valence-electron chi connectivity index (χ1n) is 10.6. The van der Waals surface area contributed by atoms with Crippen molar-refractivity contribution in [2.24, 2.45) is 5.92 Å². The molecule has 0 bridgehead atoms. The summed E-state index contributed by atoms with van der Waals surface area (Å²) in [6, 6.07) is 5.77. The molecule has 2 heterocycles. The van der Waals surface area contributed by atoms with Gasteiger partial charge in [-0.1, -0.05) is 25.8 Å². The van der Waals surface area contributed by atoms with Crippen molar-refractivity contribution in [1.82, 2.24) is 14.6 Å². The molecule has 0 unspecified atom stereocenters. The van der Waals surface area contributed by atoms with E-state index in [2.05, 4.69) is 17.2 Å². The molecular weight excluding hydrogens is 374 g/mol. The molecule has 156 valence electrons. The Hall–Kier alpha value is -1.47. The summed E-state index contributed by atoms with van der Waals surface area (Å²) < 4.78 is 26.6. The second-order valence-electron chi connectivity index (χ2n) is 8.30. The standard InChI is InChI=1S/C21H33N3O3S/c1-3-16-28(26,27)24-14-11-21(12-15-24,19-10-6-7-13-22-19)17(2)23-20(25)18-8-4-5-9-18/h6-7,10,13,17-18H,3-5,8-9,11-12,14-16H2,1-2H3,(H,23,25)/t17-/m0/s1. The van der Waals surface area contributed by atoms with Gasteiger partial charge in [0.25, 0.3) is 0 Å². The molecule has 1 aliphatic carbocycles. The quantitative estimate of drug-likeness (QED) is 0.754. The van der Waals surface area contributed by atoms with E-state index in [1.807, 2.05) is 25.1 Å². The third-order valence-corrected chi connectivity index (χ3v) is 8.63. The third-order valence-electron chi connectivity index (χ3n) is 6.56. The van der Waals surface area contributed by atoms with Crippen LogP contribution in [0.1, 0.15) is 64.5 Å². The number of carbonyl (C=O) groups is 1. The molecule has 0 radical (unpaired) electrons. The van der Waals surface area contributed by atoms with Gasteiger partial charge in [-0.15, -0.1) is 0 Å². The summed E-state index contributed by atoms with van der Waals surface area (Å²) in [6.45, 7) is 4.89. The highest BCUT2D eigenvalue weighted by Crippen LogP contribution is 2.39. The Morgan fingerprint density at radius 1 is 1.29 bits per heavy atom. The van der Waals surface area contributed by atoms with Gasteiger partial charge >= 0.3 is 0 Å². The number of sulfonamides is 1. The Kier molecular flexibility index (Phi) is 6.76. The minimum Gasteiger partial charge on any atom is -0.352 e. The highest BCUT2D eigenvalue weighted by atomic mass is 32.2. The van der Waals surface area contributed by atoms with Gasteiger partial charge in [-0.3, -0.25) is 9.78 Å². The first-order chi connectivity index (χ1) is 13.4. The molecule has 1 aliphatic heterocycles. The molecule has 28 heavy (non-hydrogen) atoms.